The molecule has 0 radical (unpaired) electrons. The predicted octanol–water partition coefficient (Wildman–Crippen LogP) is 2.61. The van der Waals surface area contributed by atoms with Crippen LogP contribution < -0.4 is 15.8 Å². The van der Waals surface area contributed by atoms with Crippen molar-refractivity contribution in [1.82, 2.24) is 5.32 Å². The van der Waals surface area contributed by atoms with Crippen molar-refractivity contribution >= 4 is 24.8 Å². The van der Waals surface area contributed by atoms with E-state index in [-0.39, 0.29) is 30.9 Å². The number of nitrogens with two attached hydrogens (primary N) is 1. The summed E-state index contributed by atoms with van der Waals surface area (Å²) in [6, 6.07) is 8.29. The Hall–Kier alpha value is -0.480. The van der Waals surface area contributed by atoms with Gasteiger partial charge in [-0.15, -0.1) is 24.8 Å². The second-order valence-corrected chi connectivity index (χ2v) is 4.39. The molecule has 18 heavy (non-hydrogen) atoms. The summed E-state index contributed by atoms with van der Waals surface area (Å²) >= 11 is 0. The molecule has 1 aromatic carbocycles. The Labute approximate surface area is 122 Å². The van der Waals surface area contributed by atoms with Crippen LogP contribution in [0.25, 0.3) is 0 Å². The van der Waals surface area contributed by atoms with E-state index >= 15 is 0 Å². The van der Waals surface area contributed by atoms with Gasteiger partial charge in [0, 0.05) is 19.1 Å². The average molecular weight is 295 g/mol. The van der Waals surface area contributed by atoms with E-state index in [1.165, 1.54) is 5.56 Å². The first-order valence-electron chi connectivity index (χ1n) is 5.72. The van der Waals surface area contributed by atoms with Gasteiger partial charge in [0.25, 0.3) is 0 Å². The molecule has 0 aromatic heterocycles. The van der Waals surface area contributed by atoms with E-state index < -0.39 is 0 Å². The van der Waals surface area contributed by atoms with Crippen molar-refractivity contribution in [3.05, 3.63) is 29.8 Å². The molecule has 0 bridgehead atoms. The average Bonchev–Trinajstić information content (AvgIpc) is 2.29. The standard InChI is InChI=1S/C13H22N2O.2ClH/c1-10(2)13(14)9-15-8-11-4-6-12(16-3)7-5-11;;/h4-7,10,13,15H,8-9,14H2,1-3H3;2*1H/t13-;;/m1../s1. The van der Waals surface area contributed by atoms with E-state index in [1.54, 1.807) is 7.11 Å². The molecule has 1 aromatic rings. The molecule has 106 valence electrons. The second kappa shape index (κ2) is 10.4. The molecule has 0 fully saturated rings. The molecule has 3 nitrogen and oxygen atoms in total. The first-order valence-corrected chi connectivity index (χ1v) is 5.72. The summed E-state index contributed by atoms with van der Waals surface area (Å²) in [6.45, 7) is 5.98. The normalized spacial score (nSPS) is 11.4. The van der Waals surface area contributed by atoms with Gasteiger partial charge in [0.2, 0.25) is 0 Å². The van der Waals surface area contributed by atoms with Crippen LogP contribution in [0.2, 0.25) is 0 Å². The first-order chi connectivity index (χ1) is 7.63. The van der Waals surface area contributed by atoms with E-state index in [2.05, 4.69) is 31.3 Å². The van der Waals surface area contributed by atoms with Crippen LogP contribution in [0.4, 0.5) is 0 Å². The Morgan fingerprint density at radius 1 is 1.17 bits per heavy atom. The van der Waals surface area contributed by atoms with Crippen LogP contribution in [0, 0.1) is 5.92 Å². The molecule has 0 spiro atoms. The Balaban J connectivity index is 0. The molecule has 0 saturated carbocycles. The minimum absolute atomic E-state index is 0. The number of benzene rings is 1. The fraction of sp³-hybridized carbons (Fsp3) is 0.538. The quantitative estimate of drug-likeness (QED) is 0.848. The highest BCUT2D eigenvalue weighted by molar-refractivity contribution is 5.85. The van der Waals surface area contributed by atoms with Crippen molar-refractivity contribution in [3.8, 4) is 5.75 Å². The lowest BCUT2D eigenvalue weighted by atomic mass is 10.1. The van der Waals surface area contributed by atoms with Crippen LogP contribution in [0.1, 0.15) is 19.4 Å². The number of hydrogen-bond donors (Lipinski definition) is 2. The van der Waals surface area contributed by atoms with Crippen LogP contribution in [0.5, 0.6) is 5.75 Å². The number of rotatable bonds is 6. The third kappa shape index (κ3) is 7.07. The molecule has 0 unspecified atom stereocenters. The number of nitrogens with one attached hydrogen (secondary N) is 1. The van der Waals surface area contributed by atoms with Gasteiger partial charge in [0.05, 0.1) is 7.11 Å². The highest BCUT2D eigenvalue weighted by Gasteiger charge is 2.06. The smallest absolute Gasteiger partial charge is 0.118 e. The van der Waals surface area contributed by atoms with Gasteiger partial charge in [-0.2, -0.15) is 0 Å². The van der Waals surface area contributed by atoms with E-state index in [0.29, 0.717) is 5.92 Å². The van der Waals surface area contributed by atoms with Gasteiger partial charge >= 0.3 is 0 Å². The maximum absolute atomic E-state index is 5.94. The van der Waals surface area contributed by atoms with Gasteiger partial charge in [0.1, 0.15) is 5.75 Å². The number of halogens is 2. The molecule has 0 aliphatic heterocycles. The number of hydrogen-bond acceptors (Lipinski definition) is 3. The summed E-state index contributed by atoms with van der Waals surface area (Å²) in [5, 5.41) is 3.35. The maximum atomic E-state index is 5.94. The van der Waals surface area contributed by atoms with Crippen molar-refractivity contribution in [2.24, 2.45) is 11.7 Å². The molecule has 1 atom stereocenters. The molecule has 0 saturated heterocycles. The van der Waals surface area contributed by atoms with E-state index in [4.69, 9.17) is 10.5 Å². The van der Waals surface area contributed by atoms with Gasteiger partial charge in [-0.1, -0.05) is 26.0 Å². The molecule has 0 aliphatic rings. The van der Waals surface area contributed by atoms with Gasteiger partial charge in [-0.05, 0) is 23.6 Å². The van der Waals surface area contributed by atoms with E-state index in [9.17, 15) is 0 Å². The lowest BCUT2D eigenvalue weighted by Gasteiger charge is -2.16. The van der Waals surface area contributed by atoms with Crippen LogP contribution in [0.3, 0.4) is 0 Å². The monoisotopic (exact) mass is 294 g/mol. The highest BCUT2D eigenvalue weighted by atomic mass is 35.5. The summed E-state index contributed by atoms with van der Waals surface area (Å²) in [6.07, 6.45) is 0. The fourth-order valence-electron chi connectivity index (χ4n) is 1.36. The molecule has 3 N–H and O–H groups in total. The minimum atomic E-state index is 0. The summed E-state index contributed by atoms with van der Waals surface area (Å²) in [5.41, 5.74) is 7.19. The largest absolute Gasteiger partial charge is 0.497 e. The minimum Gasteiger partial charge on any atom is -0.497 e. The Morgan fingerprint density at radius 3 is 2.17 bits per heavy atom. The molecule has 0 aliphatic carbocycles. The topological polar surface area (TPSA) is 47.3 Å². The highest BCUT2D eigenvalue weighted by Crippen LogP contribution is 2.10. The van der Waals surface area contributed by atoms with Gasteiger partial charge in [-0.25, -0.2) is 0 Å². The molecule has 1 rings (SSSR count). The summed E-state index contributed by atoms with van der Waals surface area (Å²) in [5.74, 6) is 1.41. The van der Waals surface area contributed by atoms with Crippen molar-refractivity contribution in [1.29, 1.82) is 0 Å². The molecular weight excluding hydrogens is 271 g/mol. The Bertz CT molecular complexity index is 304. The maximum Gasteiger partial charge on any atom is 0.118 e. The third-order valence-corrected chi connectivity index (χ3v) is 2.72. The van der Waals surface area contributed by atoms with Crippen LogP contribution in [-0.4, -0.2) is 19.7 Å². The lowest BCUT2D eigenvalue weighted by Crippen LogP contribution is -2.37. The van der Waals surface area contributed by atoms with Crippen LogP contribution in [-0.2, 0) is 6.54 Å². The molecule has 0 heterocycles. The zero-order chi connectivity index (χ0) is 12.0. The van der Waals surface area contributed by atoms with Crippen molar-refractivity contribution in [2.75, 3.05) is 13.7 Å². The SMILES string of the molecule is COc1ccc(CNC[C@@H](N)C(C)C)cc1.Cl.Cl. The Morgan fingerprint density at radius 2 is 1.72 bits per heavy atom. The van der Waals surface area contributed by atoms with Gasteiger partial charge in [-0.3, -0.25) is 0 Å². The Kier molecular flexibility index (Phi) is 11.5. The van der Waals surface area contributed by atoms with Gasteiger partial charge < -0.3 is 15.8 Å². The molecule has 0 amide bonds. The fourth-order valence-corrected chi connectivity index (χ4v) is 1.36. The summed E-state index contributed by atoms with van der Waals surface area (Å²) < 4.78 is 5.10. The van der Waals surface area contributed by atoms with Crippen LogP contribution >= 0.6 is 24.8 Å². The van der Waals surface area contributed by atoms with Crippen molar-refractivity contribution in [2.45, 2.75) is 26.4 Å². The van der Waals surface area contributed by atoms with Crippen LogP contribution in [0.15, 0.2) is 24.3 Å². The molecule has 5 heteroatoms. The third-order valence-electron chi connectivity index (χ3n) is 2.72. The summed E-state index contributed by atoms with van der Waals surface area (Å²) in [7, 11) is 1.68. The van der Waals surface area contributed by atoms with Gasteiger partial charge in [0.15, 0.2) is 0 Å². The zero-order valence-electron chi connectivity index (χ0n) is 11.2. The lowest BCUT2D eigenvalue weighted by molar-refractivity contribution is 0.414. The van der Waals surface area contributed by atoms with Crippen molar-refractivity contribution in [3.63, 3.8) is 0 Å². The predicted molar refractivity (Wildman–Crippen MR) is 82.0 cm³/mol. The summed E-state index contributed by atoms with van der Waals surface area (Å²) in [4.78, 5) is 0. The second-order valence-electron chi connectivity index (χ2n) is 4.39. The van der Waals surface area contributed by atoms with Crippen molar-refractivity contribution < 1.29 is 4.74 Å². The zero-order valence-corrected chi connectivity index (χ0v) is 12.8. The first kappa shape index (κ1) is 19.9. The van der Waals surface area contributed by atoms with E-state index in [1.807, 2.05) is 12.1 Å². The van der Waals surface area contributed by atoms with E-state index in [0.717, 1.165) is 18.8 Å². The number of methoxy groups -OCH3 is 1. The number of ether oxygens (including phenoxy) is 1. The molecular formula is C13H24Cl2N2O.